The number of benzene rings is 2. The van der Waals surface area contributed by atoms with Crippen molar-refractivity contribution in [2.24, 2.45) is 0 Å². The van der Waals surface area contributed by atoms with Crippen LogP contribution in [0, 0.1) is 20.8 Å². The number of rotatable bonds is 4. The lowest BCUT2D eigenvalue weighted by Gasteiger charge is -2.16. The lowest BCUT2D eigenvalue weighted by molar-refractivity contribution is 0.0781. The zero-order chi connectivity index (χ0) is 19.8. The first-order valence-electron chi connectivity index (χ1n) is 9.26. The van der Waals surface area contributed by atoms with Crippen LogP contribution in [0.3, 0.4) is 0 Å². The summed E-state index contributed by atoms with van der Waals surface area (Å²) in [4.78, 5) is 14.7. The molecule has 0 saturated carbocycles. The summed E-state index contributed by atoms with van der Waals surface area (Å²) in [6, 6.07) is 16.0. The van der Waals surface area contributed by atoms with E-state index in [1.54, 1.807) is 11.9 Å². The zero-order valence-corrected chi connectivity index (χ0v) is 16.5. The Labute approximate surface area is 163 Å². The SMILES string of the molecule is Cc1ccc2[nH]nc(C(=O)N(C)Cc3c(C)nn(-c4ccccc4)c3C)c2c1. The Balaban J connectivity index is 1.63. The van der Waals surface area contributed by atoms with Gasteiger partial charge in [-0.05, 0) is 45.0 Å². The zero-order valence-electron chi connectivity index (χ0n) is 16.5. The van der Waals surface area contributed by atoms with Crippen molar-refractivity contribution in [1.82, 2.24) is 24.9 Å². The van der Waals surface area contributed by atoms with Gasteiger partial charge in [0, 0.05) is 30.2 Å². The summed E-state index contributed by atoms with van der Waals surface area (Å²) < 4.78 is 1.93. The third-order valence-electron chi connectivity index (χ3n) is 5.10. The molecule has 0 unspecified atom stereocenters. The van der Waals surface area contributed by atoms with Gasteiger partial charge in [-0.2, -0.15) is 10.2 Å². The maximum Gasteiger partial charge on any atom is 0.275 e. The first kappa shape index (κ1) is 18.0. The maximum absolute atomic E-state index is 13.1. The molecule has 0 atom stereocenters. The minimum Gasteiger partial charge on any atom is -0.336 e. The molecule has 0 radical (unpaired) electrons. The average Bonchev–Trinajstić information content (AvgIpc) is 3.23. The minimum atomic E-state index is -0.108. The largest absolute Gasteiger partial charge is 0.336 e. The van der Waals surface area contributed by atoms with Crippen LogP contribution in [0.1, 0.15) is 33.0 Å². The topological polar surface area (TPSA) is 66.8 Å². The molecule has 1 N–H and O–H groups in total. The molecule has 4 rings (SSSR count). The van der Waals surface area contributed by atoms with E-state index in [2.05, 4.69) is 15.3 Å². The number of carbonyl (C=O) groups is 1. The Bertz CT molecular complexity index is 1160. The molecule has 0 saturated heterocycles. The predicted molar refractivity (Wildman–Crippen MR) is 110 cm³/mol. The summed E-state index contributed by atoms with van der Waals surface area (Å²) in [7, 11) is 1.80. The summed E-state index contributed by atoms with van der Waals surface area (Å²) >= 11 is 0. The van der Waals surface area contributed by atoms with Gasteiger partial charge in [-0.3, -0.25) is 9.89 Å². The smallest absolute Gasteiger partial charge is 0.275 e. The van der Waals surface area contributed by atoms with Crippen molar-refractivity contribution in [3.8, 4) is 5.69 Å². The van der Waals surface area contributed by atoms with Gasteiger partial charge in [0.1, 0.15) is 0 Å². The molecule has 6 heteroatoms. The van der Waals surface area contributed by atoms with Crippen LogP contribution in [0.25, 0.3) is 16.6 Å². The fraction of sp³-hybridized carbons (Fsp3) is 0.227. The number of aryl methyl sites for hydroxylation is 2. The molecule has 0 aliphatic heterocycles. The maximum atomic E-state index is 13.1. The molecular formula is C22H23N5O. The lowest BCUT2D eigenvalue weighted by Crippen LogP contribution is -2.27. The molecular weight excluding hydrogens is 350 g/mol. The Kier molecular flexibility index (Phi) is 4.47. The van der Waals surface area contributed by atoms with Gasteiger partial charge >= 0.3 is 0 Å². The highest BCUT2D eigenvalue weighted by molar-refractivity contribution is 6.04. The molecule has 6 nitrogen and oxygen atoms in total. The minimum absolute atomic E-state index is 0.108. The van der Waals surface area contributed by atoms with Crippen molar-refractivity contribution in [2.75, 3.05) is 7.05 Å². The van der Waals surface area contributed by atoms with Gasteiger partial charge in [-0.1, -0.05) is 29.8 Å². The summed E-state index contributed by atoms with van der Waals surface area (Å²) in [6.07, 6.45) is 0. The molecule has 0 aliphatic carbocycles. The summed E-state index contributed by atoms with van der Waals surface area (Å²) in [5.41, 5.74) is 6.43. The Morgan fingerprint density at radius 2 is 1.86 bits per heavy atom. The van der Waals surface area contributed by atoms with Gasteiger partial charge in [-0.15, -0.1) is 0 Å². The first-order chi connectivity index (χ1) is 13.5. The molecule has 0 spiro atoms. The van der Waals surface area contributed by atoms with Crippen molar-refractivity contribution < 1.29 is 4.79 Å². The number of aromatic amines is 1. The van der Waals surface area contributed by atoms with E-state index in [0.29, 0.717) is 12.2 Å². The summed E-state index contributed by atoms with van der Waals surface area (Å²) in [5, 5.41) is 12.7. The van der Waals surface area contributed by atoms with E-state index in [0.717, 1.165) is 39.1 Å². The molecule has 2 aromatic carbocycles. The molecule has 142 valence electrons. The van der Waals surface area contributed by atoms with Gasteiger partial charge < -0.3 is 4.90 Å². The van der Waals surface area contributed by atoms with E-state index in [4.69, 9.17) is 0 Å². The van der Waals surface area contributed by atoms with E-state index < -0.39 is 0 Å². The quantitative estimate of drug-likeness (QED) is 0.589. The fourth-order valence-electron chi connectivity index (χ4n) is 3.51. The van der Waals surface area contributed by atoms with Crippen molar-refractivity contribution in [3.05, 3.63) is 76.7 Å². The van der Waals surface area contributed by atoms with Crippen LogP contribution in [-0.2, 0) is 6.54 Å². The molecule has 28 heavy (non-hydrogen) atoms. The van der Waals surface area contributed by atoms with Crippen LogP contribution in [0.4, 0.5) is 0 Å². The molecule has 0 aliphatic rings. The number of hydrogen-bond acceptors (Lipinski definition) is 3. The highest BCUT2D eigenvalue weighted by Gasteiger charge is 2.21. The predicted octanol–water partition coefficient (Wildman–Crippen LogP) is 3.95. The number of fused-ring (bicyclic) bond motifs is 1. The van der Waals surface area contributed by atoms with Crippen molar-refractivity contribution in [2.45, 2.75) is 27.3 Å². The van der Waals surface area contributed by atoms with Gasteiger partial charge in [0.2, 0.25) is 0 Å². The number of nitrogens with one attached hydrogen (secondary N) is 1. The van der Waals surface area contributed by atoms with Crippen LogP contribution < -0.4 is 0 Å². The Morgan fingerprint density at radius 1 is 1.11 bits per heavy atom. The van der Waals surface area contributed by atoms with Crippen LogP contribution in [0.5, 0.6) is 0 Å². The van der Waals surface area contributed by atoms with Gasteiger partial charge in [0.15, 0.2) is 5.69 Å². The monoisotopic (exact) mass is 373 g/mol. The van der Waals surface area contributed by atoms with Crippen molar-refractivity contribution >= 4 is 16.8 Å². The average molecular weight is 373 g/mol. The Morgan fingerprint density at radius 3 is 2.61 bits per heavy atom. The number of aromatic nitrogens is 4. The van der Waals surface area contributed by atoms with Crippen LogP contribution in [0.15, 0.2) is 48.5 Å². The summed E-state index contributed by atoms with van der Waals surface area (Å²) in [5.74, 6) is -0.108. The second kappa shape index (κ2) is 6.96. The number of amides is 1. The van der Waals surface area contributed by atoms with E-state index in [1.807, 2.05) is 74.0 Å². The van der Waals surface area contributed by atoms with Crippen LogP contribution >= 0.6 is 0 Å². The number of hydrogen-bond donors (Lipinski definition) is 1. The van der Waals surface area contributed by atoms with Crippen molar-refractivity contribution in [1.29, 1.82) is 0 Å². The first-order valence-corrected chi connectivity index (χ1v) is 9.26. The molecule has 4 aromatic rings. The molecule has 2 aromatic heterocycles. The molecule has 0 bridgehead atoms. The second-order valence-electron chi connectivity index (χ2n) is 7.18. The fourth-order valence-corrected chi connectivity index (χ4v) is 3.51. The number of nitrogens with zero attached hydrogens (tertiary/aromatic N) is 4. The number of H-pyrrole nitrogens is 1. The third kappa shape index (κ3) is 3.07. The van der Waals surface area contributed by atoms with Crippen LogP contribution in [-0.4, -0.2) is 37.8 Å². The Hall–Kier alpha value is -3.41. The van der Waals surface area contributed by atoms with Crippen molar-refractivity contribution in [3.63, 3.8) is 0 Å². The van der Waals surface area contributed by atoms with Crippen LogP contribution in [0.2, 0.25) is 0 Å². The molecule has 2 heterocycles. The van der Waals surface area contributed by atoms with E-state index >= 15 is 0 Å². The van der Waals surface area contributed by atoms with E-state index in [1.165, 1.54) is 0 Å². The second-order valence-corrected chi connectivity index (χ2v) is 7.18. The standard InChI is InChI=1S/C22H23N5O/c1-14-10-11-20-18(12-14)21(24-23-20)22(28)26(4)13-19-15(2)25-27(16(19)3)17-8-6-5-7-9-17/h5-12H,13H2,1-4H3,(H,23,24). The third-order valence-corrected chi connectivity index (χ3v) is 5.10. The molecule has 0 fully saturated rings. The van der Waals surface area contributed by atoms with Gasteiger partial charge in [-0.25, -0.2) is 4.68 Å². The highest BCUT2D eigenvalue weighted by atomic mass is 16.2. The molecule has 1 amide bonds. The summed E-state index contributed by atoms with van der Waals surface area (Å²) in [6.45, 7) is 6.50. The van der Waals surface area contributed by atoms with E-state index in [9.17, 15) is 4.79 Å². The van der Waals surface area contributed by atoms with E-state index in [-0.39, 0.29) is 5.91 Å². The van der Waals surface area contributed by atoms with Gasteiger partial charge in [0.25, 0.3) is 5.91 Å². The number of carbonyl (C=O) groups excluding carboxylic acids is 1. The normalized spacial score (nSPS) is 11.1. The van der Waals surface area contributed by atoms with Gasteiger partial charge in [0.05, 0.1) is 16.9 Å². The lowest BCUT2D eigenvalue weighted by atomic mass is 10.1. The highest BCUT2D eigenvalue weighted by Crippen LogP contribution is 2.22. The number of para-hydroxylation sites is 1.